The molecule has 0 amide bonds. The van der Waals surface area contributed by atoms with Crippen LogP contribution in [0, 0.1) is 0 Å². The Balaban J connectivity index is 1.70. The minimum Gasteiger partial charge on any atom is -0.504 e. The fraction of sp³-hybridized carbons (Fsp3) is 0.727. The molecule has 1 aromatic carbocycles. The lowest BCUT2D eigenvalue weighted by Gasteiger charge is -2.36. The average Bonchev–Trinajstić information content (AvgIpc) is 2.69. The molecule has 3 N–H and O–H groups in total. The second-order valence-corrected chi connectivity index (χ2v) is 8.10. The van der Waals surface area contributed by atoms with Crippen molar-refractivity contribution in [3.8, 4) is 11.5 Å². The zero-order valence-electron chi connectivity index (χ0n) is 17.1. The Bertz CT molecular complexity index is 632. The second kappa shape index (κ2) is 9.92. The molecule has 0 saturated carbocycles. The maximum absolute atomic E-state index is 10.8. The molecule has 2 unspecified atom stereocenters. The summed E-state index contributed by atoms with van der Waals surface area (Å²) in [7, 11) is 0. The molecule has 0 bridgehead atoms. The number of fused-ring (bicyclic) bond motifs is 1. The van der Waals surface area contributed by atoms with Crippen molar-refractivity contribution in [2.45, 2.75) is 83.3 Å². The van der Waals surface area contributed by atoms with E-state index in [9.17, 15) is 15.3 Å². The van der Waals surface area contributed by atoms with E-state index < -0.39 is 18.5 Å². The second-order valence-electron chi connectivity index (χ2n) is 8.10. The average molecular weight is 394 g/mol. The van der Waals surface area contributed by atoms with Crippen LogP contribution in [-0.2, 0) is 17.6 Å². The van der Waals surface area contributed by atoms with E-state index in [1.165, 1.54) is 5.56 Å². The van der Waals surface area contributed by atoms with Gasteiger partial charge in [0.15, 0.2) is 11.5 Å². The first-order chi connectivity index (χ1) is 13.5. The van der Waals surface area contributed by atoms with Crippen molar-refractivity contribution in [1.29, 1.82) is 0 Å². The van der Waals surface area contributed by atoms with Gasteiger partial charge in [-0.15, -0.1) is 0 Å². The third-order valence-corrected chi connectivity index (χ3v) is 5.87. The molecular formula is C22H35NO5. The van der Waals surface area contributed by atoms with Crippen molar-refractivity contribution in [3.05, 3.63) is 23.3 Å². The van der Waals surface area contributed by atoms with Gasteiger partial charge in [-0.05, 0) is 56.8 Å². The Morgan fingerprint density at radius 3 is 2.61 bits per heavy atom. The van der Waals surface area contributed by atoms with Gasteiger partial charge in [-0.2, -0.15) is 0 Å². The number of aromatic hydroxyl groups is 1. The molecule has 1 aliphatic carbocycles. The summed E-state index contributed by atoms with van der Waals surface area (Å²) >= 11 is 0. The lowest BCUT2D eigenvalue weighted by Crippen LogP contribution is -2.41. The Morgan fingerprint density at radius 2 is 1.93 bits per heavy atom. The highest BCUT2D eigenvalue weighted by atomic mass is 16.7. The highest BCUT2D eigenvalue weighted by Gasteiger charge is 2.31. The molecule has 2 aliphatic rings. The number of hydrogen-bond donors (Lipinski definition) is 3. The first kappa shape index (κ1) is 21.4. The molecule has 1 saturated heterocycles. The van der Waals surface area contributed by atoms with Crippen molar-refractivity contribution in [3.63, 3.8) is 0 Å². The number of aliphatic hydroxyl groups excluding tert-OH is 2. The van der Waals surface area contributed by atoms with Gasteiger partial charge in [-0.25, -0.2) is 0 Å². The lowest BCUT2D eigenvalue weighted by atomic mass is 9.86. The summed E-state index contributed by atoms with van der Waals surface area (Å²) < 4.78 is 11.5. The zero-order valence-corrected chi connectivity index (χ0v) is 17.1. The zero-order chi connectivity index (χ0) is 20.1. The number of ether oxygens (including phenoxy) is 2. The van der Waals surface area contributed by atoms with Crippen LogP contribution in [0.1, 0.15) is 57.1 Å². The van der Waals surface area contributed by atoms with Crippen molar-refractivity contribution in [2.75, 3.05) is 19.7 Å². The summed E-state index contributed by atoms with van der Waals surface area (Å²) in [6.07, 6.45) is 4.21. The predicted octanol–water partition coefficient (Wildman–Crippen LogP) is 2.61. The molecule has 1 fully saturated rings. The summed E-state index contributed by atoms with van der Waals surface area (Å²) in [5.41, 5.74) is 2.16. The summed E-state index contributed by atoms with van der Waals surface area (Å²) in [6, 6.07) is 4.38. The molecule has 6 heteroatoms. The Morgan fingerprint density at radius 1 is 1.18 bits per heavy atom. The molecule has 6 nitrogen and oxygen atoms in total. The molecule has 3 rings (SSSR count). The maximum Gasteiger partial charge on any atom is 0.202 e. The van der Waals surface area contributed by atoms with Gasteiger partial charge in [0.05, 0.1) is 18.8 Å². The molecule has 0 spiro atoms. The van der Waals surface area contributed by atoms with Gasteiger partial charge in [0.2, 0.25) is 6.29 Å². The Labute approximate surface area is 168 Å². The number of phenolic OH excluding ortho intramolecular Hbond substituents is 1. The van der Waals surface area contributed by atoms with Gasteiger partial charge in [0, 0.05) is 24.4 Å². The van der Waals surface area contributed by atoms with Gasteiger partial charge in [-0.3, -0.25) is 0 Å². The maximum atomic E-state index is 10.8. The third kappa shape index (κ3) is 4.98. The minimum atomic E-state index is -0.661. The number of rotatable bonds is 8. The number of aliphatic hydroxyl groups is 2. The molecule has 1 aliphatic heterocycles. The van der Waals surface area contributed by atoms with E-state index in [1.54, 1.807) is 6.07 Å². The number of nitrogens with zero attached hydrogens (tertiary/aromatic N) is 1. The van der Waals surface area contributed by atoms with Crippen LogP contribution >= 0.6 is 0 Å². The smallest absolute Gasteiger partial charge is 0.202 e. The van der Waals surface area contributed by atoms with Crippen LogP contribution in [-0.4, -0.2) is 64.5 Å². The Kier molecular flexibility index (Phi) is 7.57. The standard InChI is InChI=1S/C22H35NO5/c1-3-9-23(10-4-2)16-6-7-19-15(11-16)5-8-20(22(19)26)28-21-13-17(25)12-18(14-24)27-21/h5,8,16-18,21,24-26H,3-4,6-7,9-14H2,1-2H3/t16?,17?,18-,21-/m0/s1. The van der Waals surface area contributed by atoms with Crippen LogP contribution in [0.25, 0.3) is 0 Å². The van der Waals surface area contributed by atoms with Crippen LogP contribution in [0.4, 0.5) is 0 Å². The van der Waals surface area contributed by atoms with Crippen molar-refractivity contribution >= 4 is 0 Å². The third-order valence-electron chi connectivity index (χ3n) is 5.87. The topological polar surface area (TPSA) is 82.4 Å². The van der Waals surface area contributed by atoms with Crippen molar-refractivity contribution in [1.82, 2.24) is 4.90 Å². The highest BCUT2D eigenvalue weighted by molar-refractivity contribution is 5.51. The normalized spacial score (nSPS) is 27.6. The van der Waals surface area contributed by atoms with E-state index in [0.29, 0.717) is 24.6 Å². The first-order valence-corrected chi connectivity index (χ1v) is 10.7. The molecule has 4 atom stereocenters. The van der Waals surface area contributed by atoms with E-state index in [4.69, 9.17) is 9.47 Å². The summed E-state index contributed by atoms with van der Waals surface area (Å²) in [4.78, 5) is 2.58. The van der Waals surface area contributed by atoms with Gasteiger partial charge < -0.3 is 29.7 Å². The summed E-state index contributed by atoms with van der Waals surface area (Å²) in [5.74, 6) is 0.588. The molecule has 158 valence electrons. The van der Waals surface area contributed by atoms with Gasteiger partial charge >= 0.3 is 0 Å². The van der Waals surface area contributed by atoms with E-state index in [-0.39, 0.29) is 12.4 Å². The predicted molar refractivity (Wildman–Crippen MR) is 108 cm³/mol. The molecule has 1 aromatic rings. The van der Waals surface area contributed by atoms with Gasteiger partial charge in [0.25, 0.3) is 0 Å². The number of phenols is 1. The van der Waals surface area contributed by atoms with Crippen LogP contribution in [0.5, 0.6) is 11.5 Å². The van der Waals surface area contributed by atoms with E-state index in [2.05, 4.69) is 24.8 Å². The van der Waals surface area contributed by atoms with Crippen LogP contribution < -0.4 is 4.74 Å². The van der Waals surface area contributed by atoms with E-state index in [1.807, 2.05) is 0 Å². The SMILES string of the molecule is CCCN(CCC)C1CCc2c(ccc(O[C@H]3CC(O)C[C@@H](CO)O3)c2O)C1. The lowest BCUT2D eigenvalue weighted by molar-refractivity contribution is -0.185. The van der Waals surface area contributed by atoms with E-state index >= 15 is 0 Å². The summed E-state index contributed by atoms with van der Waals surface area (Å²) in [6.45, 7) is 6.53. The molecule has 0 aromatic heterocycles. The number of benzene rings is 1. The quantitative estimate of drug-likeness (QED) is 0.630. The molecular weight excluding hydrogens is 358 g/mol. The Hall–Kier alpha value is -1.34. The number of hydrogen-bond acceptors (Lipinski definition) is 6. The van der Waals surface area contributed by atoms with Crippen LogP contribution in [0.3, 0.4) is 0 Å². The van der Waals surface area contributed by atoms with Gasteiger partial charge in [0.1, 0.15) is 0 Å². The van der Waals surface area contributed by atoms with Crippen LogP contribution in [0.15, 0.2) is 12.1 Å². The van der Waals surface area contributed by atoms with Crippen molar-refractivity contribution in [2.24, 2.45) is 0 Å². The fourth-order valence-corrected chi connectivity index (χ4v) is 4.53. The van der Waals surface area contributed by atoms with E-state index in [0.717, 1.165) is 50.8 Å². The molecule has 1 heterocycles. The minimum absolute atomic E-state index is 0.152. The first-order valence-electron chi connectivity index (χ1n) is 10.7. The molecule has 0 radical (unpaired) electrons. The monoisotopic (exact) mass is 393 g/mol. The highest BCUT2D eigenvalue weighted by Crippen LogP contribution is 2.39. The van der Waals surface area contributed by atoms with Crippen LogP contribution in [0.2, 0.25) is 0 Å². The fourth-order valence-electron chi connectivity index (χ4n) is 4.53. The summed E-state index contributed by atoms with van der Waals surface area (Å²) in [5, 5.41) is 30.0. The largest absolute Gasteiger partial charge is 0.504 e. The van der Waals surface area contributed by atoms with Crippen molar-refractivity contribution < 1.29 is 24.8 Å². The molecule has 28 heavy (non-hydrogen) atoms. The van der Waals surface area contributed by atoms with Gasteiger partial charge in [-0.1, -0.05) is 19.9 Å².